The van der Waals surface area contributed by atoms with Crippen molar-refractivity contribution >= 4 is 35.5 Å². The van der Waals surface area contributed by atoms with Crippen LogP contribution in [0.2, 0.25) is 0 Å². The van der Waals surface area contributed by atoms with Gasteiger partial charge in [-0.3, -0.25) is 24.6 Å². The number of benzene rings is 2. The monoisotopic (exact) mass is 564 g/mol. The van der Waals surface area contributed by atoms with E-state index in [1.54, 1.807) is 45.0 Å². The zero-order chi connectivity index (χ0) is 28.5. The van der Waals surface area contributed by atoms with E-state index in [9.17, 15) is 19.2 Å². The second-order valence-corrected chi connectivity index (χ2v) is 13.3. The number of carbonyl (C=O) groups excluding carboxylic acids is 4. The molecule has 1 spiro atoms. The number of carbonyl (C=O) groups is 4. The number of hydrogen-bond donors (Lipinski definition) is 1. The lowest BCUT2D eigenvalue weighted by atomic mass is 9.90. The highest BCUT2D eigenvalue weighted by atomic mass is 32.2. The van der Waals surface area contributed by atoms with Gasteiger partial charge in [-0.2, -0.15) is 0 Å². The Morgan fingerprint density at radius 2 is 1.52 bits per heavy atom. The van der Waals surface area contributed by atoms with Crippen LogP contribution in [0, 0.1) is 0 Å². The van der Waals surface area contributed by atoms with Crippen molar-refractivity contribution in [1.82, 2.24) is 10.2 Å². The van der Waals surface area contributed by atoms with E-state index in [1.165, 1.54) is 11.8 Å². The van der Waals surface area contributed by atoms with Gasteiger partial charge < -0.3 is 9.47 Å². The SMILES string of the molecule is CC(C)(C)OC(=O)C(C1NC(C(=O)OCc2ccccc2)C2(CCCCCC2)S1)N1C(=O)c2ccccc2C1=O. The summed E-state index contributed by atoms with van der Waals surface area (Å²) in [4.78, 5) is 55.5. The van der Waals surface area contributed by atoms with E-state index < -0.39 is 51.6 Å². The van der Waals surface area contributed by atoms with Crippen molar-refractivity contribution in [3.8, 4) is 0 Å². The minimum absolute atomic E-state index is 0.136. The van der Waals surface area contributed by atoms with E-state index in [0.717, 1.165) is 49.0 Å². The van der Waals surface area contributed by atoms with Gasteiger partial charge in [-0.1, -0.05) is 68.1 Å². The predicted molar refractivity (Wildman–Crippen MR) is 152 cm³/mol. The van der Waals surface area contributed by atoms with E-state index >= 15 is 0 Å². The smallest absolute Gasteiger partial charge is 0.332 e. The highest BCUT2D eigenvalue weighted by molar-refractivity contribution is 8.01. The third-order valence-electron chi connectivity index (χ3n) is 7.67. The molecule has 212 valence electrons. The fourth-order valence-corrected chi connectivity index (χ4v) is 7.74. The van der Waals surface area contributed by atoms with Crippen LogP contribution in [-0.4, -0.2) is 56.5 Å². The number of rotatable bonds is 6. The van der Waals surface area contributed by atoms with Crippen molar-refractivity contribution in [1.29, 1.82) is 0 Å². The third kappa shape index (κ3) is 5.67. The predicted octanol–water partition coefficient (Wildman–Crippen LogP) is 4.86. The molecule has 3 unspecified atom stereocenters. The molecule has 2 aliphatic heterocycles. The summed E-state index contributed by atoms with van der Waals surface area (Å²) < 4.78 is 11.0. The molecule has 2 aromatic rings. The van der Waals surface area contributed by atoms with Gasteiger partial charge >= 0.3 is 11.9 Å². The third-order valence-corrected chi connectivity index (χ3v) is 9.43. The number of fused-ring (bicyclic) bond motifs is 1. The maximum Gasteiger partial charge on any atom is 0.332 e. The Hall–Kier alpha value is -3.17. The van der Waals surface area contributed by atoms with Crippen LogP contribution in [0.3, 0.4) is 0 Å². The molecule has 2 amide bonds. The summed E-state index contributed by atoms with van der Waals surface area (Å²) in [5.74, 6) is -2.16. The van der Waals surface area contributed by atoms with Crippen LogP contribution in [0.5, 0.6) is 0 Å². The van der Waals surface area contributed by atoms with Crippen LogP contribution < -0.4 is 5.32 Å². The second-order valence-electron chi connectivity index (χ2n) is 11.7. The van der Waals surface area contributed by atoms with Crippen LogP contribution in [0.1, 0.15) is 85.6 Å². The highest BCUT2D eigenvalue weighted by Crippen LogP contribution is 2.50. The minimum Gasteiger partial charge on any atom is -0.460 e. The lowest BCUT2D eigenvalue weighted by Crippen LogP contribution is -2.57. The summed E-state index contributed by atoms with van der Waals surface area (Å²) in [7, 11) is 0. The highest BCUT2D eigenvalue weighted by Gasteiger charge is 2.58. The molecule has 2 aromatic carbocycles. The largest absolute Gasteiger partial charge is 0.460 e. The summed E-state index contributed by atoms with van der Waals surface area (Å²) >= 11 is 1.48. The van der Waals surface area contributed by atoms with E-state index in [-0.39, 0.29) is 17.7 Å². The summed E-state index contributed by atoms with van der Waals surface area (Å²) in [5.41, 5.74) is 0.551. The molecule has 2 fully saturated rings. The molecule has 0 bridgehead atoms. The topological polar surface area (TPSA) is 102 Å². The molecule has 3 aliphatic rings. The van der Waals surface area contributed by atoms with Gasteiger partial charge in [-0.15, -0.1) is 11.8 Å². The van der Waals surface area contributed by atoms with Crippen LogP contribution in [0.15, 0.2) is 54.6 Å². The second kappa shape index (κ2) is 11.4. The molecular weight excluding hydrogens is 528 g/mol. The number of hydrogen-bond acceptors (Lipinski definition) is 8. The molecule has 1 saturated carbocycles. The molecule has 1 aliphatic carbocycles. The number of ether oxygens (including phenoxy) is 2. The average molecular weight is 565 g/mol. The van der Waals surface area contributed by atoms with E-state index in [2.05, 4.69) is 5.32 Å². The van der Waals surface area contributed by atoms with E-state index in [4.69, 9.17) is 9.47 Å². The molecule has 8 nitrogen and oxygen atoms in total. The Morgan fingerprint density at radius 3 is 2.10 bits per heavy atom. The average Bonchev–Trinajstić information content (AvgIpc) is 3.27. The Labute approximate surface area is 239 Å². The first kappa shape index (κ1) is 28.4. The lowest BCUT2D eigenvalue weighted by Gasteiger charge is -2.33. The number of thioether (sulfide) groups is 1. The van der Waals surface area contributed by atoms with Crippen molar-refractivity contribution in [3.05, 3.63) is 71.3 Å². The van der Waals surface area contributed by atoms with Gasteiger partial charge in [0.25, 0.3) is 11.8 Å². The van der Waals surface area contributed by atoms with Gasteiger partial charge in [0.15, 0.2) is 6.04 Å². The minimum atomic E-state index is -1.26. The fraction of sp³-hybridized carbons (Fsp3) is 0.484. The number of nitrogens with zero attached hydrogens (tertiary/aromatic N) is 1. The molecule has 0 radical (unpaired) electrons. The molecular formula is C31H36N2O6S. The molecule has 3 atom stereocenters. The van der Waals surface area contributed by atoms with Crippen LogP contribution in [0.25, 0.3) is 0 Å². The van der Waals surface area contributed by atoms with Gasteiger partial charge in [0, 0.05) is 4.75 Å². The number of imide groups is 1. The molecule has 5 rings (SSSR count). The van der Waals surface area contributed by atoms with Crippen LogP contribution in [-0.2, 0) is 25.7 Å². The van der Waals surface area contributed by atoms with Crippen molar-refractivity contribution in [2.45, 2.75) is 93.7 Å². The Morgan fingerprint density at radius 1 is 0.950 bits per heavy atom. The fourth-order valence-electron chi connectivity index (χ4n) is 5.84. The summed E-state index contributed by atoms with van der Waals surface area (Å²) in [6.07, 6.45) is 5.52. The maximum absolute atomic E-state index is 13.8. The van der Waals surface area contributed by atoms with Gasteiger partial charge in [0.2, 0.25) is 0 Å². The molecule has 1 N–H and O–H groups in total. The standard InChI is InChI=1S/C31H36N2O6S/c1-30(2,3)39-28(36)23(33-26(34)21-15-9-10-16-22(21)27(33)35)25-32-24(31(40-25)17-11-4-5-12-18-31)29(37)38-19-20-13-7-6-8-14-20/h6-10,13-16,23-25,32H,4-5,11-12,17-19H2,1-3H3. The molecule has 9 heteroatoms. The number of esters is 2. The van der Waals surface area contributed by atoms with Gasteiger partial charge in [-0.25, -0.2) is 4.79 Å². The Bertz CT molecular complexity index is 1250. The van der Waals surface area contributed by atoms with Gasteiger partial charge in [0.1, 0.15) is 18.2 Å². The first-order valence-electron chi connectivity index (χ1n) is 13.9. The lowest BCUT2D eigenvalue weighted by molar-refractivity contribution is -0.160. The van der Waals surface area contributed by atoms with Gasteiger partial charge in [-0.05, 0) is 51.3 Å². The first-order valence-corrected chi connectivity index (χ1v) is 14.8. The summed E-state index contributed by atoms with van der Waals surface area (Å²) in [5, 5.41) is 2.62. The van der Waals surface area contributed by atoms with Crippen molar-refractivity contribution in [2.75, 3.05) is 0 Å². The van der Waals surface area contributed by atoms with Crippen LogP contribution in [0.4, 0.5) is 0 Å². The number of amides is 2. The van der Waals surface area contributed by atoms with E-state index in [1.807, 2.05) is 30.3 Å². The van der Waals surface area contributed by atoms with Crippen molar-refractivity contribution in [2.24, 2.45) is 0 Å². The van der Waals surface area contributed by atoms with Crippen molar-refractivity contribution in [3.63, 3.8) is 0 Å². The Balaban J connectivity index is 1.48. The van der Waals surface area contributed by atoms with E-state index in [0.29, 0.717) is 0 Å². The zero-order valence-corrected chi connectivity index (χ0v) is 24.0. The molecule has 2 heterocycles. The Kier molecular flexibility index (Phi) is 8.06. The quantitative estimate of drug-likeness (QED) is 0.392. The van der Waals surface area contributed by atoms with Gasteiger partial charge in [0.05, 0.1) is 16.5 Å². The molecule has 0 aromatic heterocycles. The molecule has 1 saturated heterocycles. The maximum atomic E-state index is 13.8. The molecule has 40 heavy (non-hydrogen) atoms. The zero-order valence-electron chi connectivity index (χ0n) is 23.2. The first-order chi connectivity index (χ1) is 19.1. The summed E-state index contributed by atoms with van der Waals surface area (Å²) in [6.45, 7) is 5.37. The number of nitrogens with one attached hydrogen (secondary N) is 1. The normalized spacial score (nSPS) is 23.0. The van der Waals surface area contributed by atoms with Crippen LogP contribution >= 0.6 is 11.8 Å². The van der Waals surface area contributed by atoms with Crippen molar-refractivity contribution < 1.29 is 28.7 Å². The summed E-state index contributed by atoms with van der Waals surface area (Å²) in [6, 6.07) is 14.1.